The highest BCUT2D eigenvalue weighted by Crippen LogP contribution is 2.24. The van der Waals surface area contributed by atoms with E-state index in [1.807, 2.05) is 0 Å². The summed E-state index contributed by atoms with van der Waals surface area (Å²) >= 11 is 0. The molecular formula is C18H22N2O5S. The second-order valence-corrected chi connectivity index (χ2v) is 7.99. The van der Waals surface area contributed by atoms with Gasteiger partial charge in [0.2, 0.25) is 10.0 Å². The van der Waals surface area contributed by atoms with Crippen molar-refractivity contribution in [2.75, 3.05) is 6.54 Å². The van der Waals surface area contributed by atoms with Crippen molar-refractivity contribution in [2.45, 2.75) is 43.0 Å². The highest BCUT2D eigenvalue weighted by atomic mass is 32.2. The van der Waals surface area contributed by atoms with Crippen molar-refractivity contribution < 1.29 is 23.1 Å². The van der Waals surface area contributed by atoms with E-state index in [9.17, 15) is 23.1 Å². The lowest BCUT2D eigenvalue weighted by Gasteiger charge is -2.23. The molecule has 0 spiro atoms. The Bertz CT molecular complexity index is 813. The zero-order valence-corrected chi connectivity index (χ0v) is 15.1. The second kappa shape index (κ2) is 8.83. The van der Waals surface area contributed by atoms with Crippen LogP contribution in [-0.4, -0.2) is 38.0 Å². The Hall–Kier alpha value is -2.37. The Balaban J connectivity index is 2.18. The van der Waals surface area contributed by atoms with E-state index < -0.39 is 33.9 Å². The summed E-state index contributed by atoms with van der Waals surface area (Å²) in [4.78, 5) is 23.9. The van der Waals surface area contributed by atoms with Crippen molar-refractivity contribution in [1.82, 2.24) is 10.0 Å². The molecular weight excluding hydrogens is 356 g/mol. The van der Waals surface area contributed by atoms with E-state index in [4.69, 9.17) is 6.42 Å². The molecule has 7 nitrogen and oxygen atoms in total. The summed E-state index contributed by atoms with van der Waals surface area (Å²) in [6.45, 7) is -0.152. The molecule has 1 aromatic carbocycles. The molecule has 0 aromatic heterocycles. The van der Waals surface area contributed by atoms with E-state index >= 15 is 0 Å². The van der Waals surface area contributed by atoms with E-state index in [1.54, 1.807) is 0 Å². The normalized spacial score (nSPS) is 20.6. The number of amides is 1. The minimum Gasteiger partial charge on any atom is -0.481 e. The molecule has 2 rings (SSSR count). The molecule has 1 aromatic rings. The molecule has 2 atom stereocenters. The van der Waals surface area contributed by atoms with Crippen LogP contribution < -0.4 is 10.0 Å². The fraction of sp³-hybridized carbons (Fsp3) is 0.444. The number of carboxylic acids is 1. The first-order chi connectivity index (χ1) is 12.3. The summed E-state index contributed by atoms with van der Waals surface area (Å²) in [7, 11) is -3.81. The van der Waals surface area contributed by atoms with Gasteiger partial charge in [-0.1, -0.05) is 31.2 Å². The number of terminal acetylenes is 1. The number of hydrogen-bond acceptors (Lipinski definition) is 4. The fourth-order valence-electron chi connectivity index (χ4n) is 3.05. The molecule has 1 aliphatic rings. The van der Waals surface area contributed by atoms with Gasteiger partial charge in [0.1, 0.15) is 0 Å². The summed E-state index contributed by atoms with van der Waals surface area (Å²) in [5.41, 5.74) is 0.155. The highest BCUT2D eigenvalue weighted by molar-refractivity contribution is 7.89. The van der Waals surface area contributed by atoms with Gasteiger partial charge in [-0.25, -0.2) is 8.42 Å². The number of carbonyl (C=O) groups excluding carboxylic acids is 1. The predicted molar refractivity (Wildman–Crippen MR) is 95.9 cm³/mol. The molecule has 0 bridgehead atoms. The first-order valence-corrected chi connectivity index (χ1v) is 9.90. The molecule has 1 aliphatic carbocycles. The Kier molecular flexibility index (Phi) is 6.77. The van der Waals surface area contributed by atoms with Crippen LogP contribution in [0.1, 0.15) is 42.5 Å². The lowest BCUT2D eigenvalue weighted by Crippen LogP contribution is -2.42. The van der Waals surface area contributed by atoms with Crippen molar-refractivity contribution in [1.29, 1.82) is 0 Å². The lowest BCUT2D eigenvalue weighted by molar-refractivity contribution is -0.142. The van der Waals surface area contributed by atoms with Crippen molar-refractivity contribution in [2.24, 2.45) is 5.92 Å². The van der Waals surface area contributed by atoms with Crippen LogP contribution in [0.5, 0.6) is 0 Å². The average molecular weight is 378 g/mol. The Morgan fingerprint density at radius 2 is 1.96 bits per heavy atom. The van der Waals surface area contributed by atoms with Crippen LogP contribution >= 0.6 is 0 Å². The summed E-state index contributed by atoms with van der Waals surface area (Å²) in [5, 5.41) is 12.2. The first-order valence-electron chi connectivity index (χ1n) is 8.42. The smallest absolute Gasteiger partial charge is 0.308 e. The average Bonchev–Trinajstić information content (AvgIpc) is 2.85. The first kappa shape index (κ1) is 19.9. The largest absolute Gasteiger partial charge is 0.481 e. The third-order valence-electron chi connectivity index (χ3n) is 4.42. The molecule has 0 heterocycles. The Labute approximate surface area is 153 Å². The Morgan fingerprint density at radius 3 is 2.65 bits per heavy atom. The van der Waals surface area contributed by atoms with E-state index in [1.165, 1.54) is 24.3 Å². The third kappa shape index (κ3) is 5.07. The SMILES string of the molecule is C#CCNS(=O)(=O)c1cccc(C(=O)N[C@H]2CCCCC[C@H]2C(=O)O)c1. The topological polar surface area (TPSA) is 113 Å². The molecule has 0 saturated heterocycles. The number of carboxylic acid groups (broad SMARTS) is 1. The zero-order chi connectivity index (χ0) is 19.2. The van der Waals surface area contributed by atoms with Gasteiger partial charge in [-0.15, -0.1) is 6.42 Å². The maximum atomic E-state index is 12.5. The van der Waals surface area contributed by atoms with Crippen LogP contribution in [0.2, 0.25) is 0 Å². The van der Waals surface area contributed by atoms with Gasteiger partial charge in [0, 0.05) is 11.6 Å². The molecule has 3 N–H and O–H groups in total. The van der Waals surface area contributed by atoms with Gasteiger partial charge in [0.05, 0.1) is 17.4 Å². The summed E-state index contributed by atoms with van der Waals surface area (Å²) < 4.78 is 26.5. The molecule has 0 radical (unpaired) electrons. The maximum absolute atomic E-state index is 12.5. The van der Waals surface area contributed by atoms with Crippen LogP contribution in [-0.2, 0) is 14.8 Å². The van der Waals surface area contributed by atoms with Gasteiger partial charge in [0.15, 0.2) is 0 Å². The number of hydrogen-bond donors (Lipinski definition) is 3. The number of sulfonamides is 1. The molecule has 8 heteroatoms. The van der Waals surface area contributed by atoms with Crippen LogP contribution in [0.3, 0.4) is 0 Å². The van der Waals surface area contributed by atoms with Gasteiger partial charge in [-0.05, 0) is 31.0 Å². The summed E-state index contributed by atoms with van der Waals surface area (Å²) in [6, 6.07) is 5.09. The number of nitrogens with one attached hydrogen (secondary N) is 2. The van der Waals surface area contributed by atoms with Crippen molar-refractivity contribution in [3.8, 4) is 12.3 Å². The highest BCUT2D eigenvalue weighted by Gasteiger charge is 2.31. The molecule has 140 valence electrons. The molecule has 1 fully saturated rings. The van der Waals surface area contributed by atoms with Crippen LogP contribution in [0.15, 0.2) is 29.2 Å². The standard InChI is InChI=1S/C18H22N2O5S/c1-2-11-19-26(24,25)14-8-6-7-13(12-14)17(21)20-16-10-5-3-4-9-15(16)18(22)23/h1,6-8,12,15-16,19H,3-5,9-11H2,(H,20,21)(H,22,23)/t15-,16+/m1/s1. The predicted octanol–water partition coefficient (Wildman–Crippen LogP) is 1.36. The van der Waals surface area contributed by atoms with E-state index in [-0.39, 0.29) is 17.0 Å². The number of carbonyl (C=O) groups is 2. The zero-order valence-electron chi connectivity index (χ0n) is 14.3. The minimum absolute atomic E-state index is 0.0731. The number of aliphatic carboxylic acids is 1. The summed E-state index contributed by atoms with van der Waals surface area (Å²) in [5.74, 6) is 0.135. The Morgan fingerprint density at radius 1 is 1.23 bits per heavy atom. The van der Waals surface area contributed by atoms with Gasteiger partial charge in [-0.3, -0.25) is 9.59 Å². The van der Waals surface area contributed by atoms with Crippen LogP contribution in [0.4, 0.5) is 0 Å². The van der Waals surface area contributed by atoms with Gasteiger partial charge in [-0.2, -0.15) is 4.72 Å². The fourth-order valence-corrected chi connectivity index (χ4v) is 4.03. The van der Waals surface area contributed by atoms with Crippen LogP contribution in [0.25, 0.3) is 0 Å². The second-order valence-electron chi connectivity index (χ2n) is 6.22. The van der Waals surface area contributed by atoms with Crippen molar-refractivity contribution >= 4 is 21.9 Å². The van der Waals surface area contributed by atoms with E-state index in [2.05, 4.69) is 16.0 Å². The molecule has 1 saturated carbocycles. The monoisotopic (exact) mass is 378 g/mol. The molecule has 1 amide bonds. The van der Waals surface area contributed by atoms with Gasteiger partial charge < -0.3 is 10.4 Å². The quantitative estimate of drug-likeness (QED) is 0.511. The van der Waals surface area contributed by atoms with Crippen molar-refractivity contribution in [3.63, 3.8) is 0 Å². The summed E-state index contributed by atoms with van der Waals surface area (Å²) in [6.07, 6.45) is 8.76. The van der Waals surface area contributed by atoms with Gasteiger partial charge in [0.25, 0.3) is 5.91 Å². The van der Waals surface area contributed by atoms with Crippen LogP contribution in [0, 0.1) is 18.3 Å². The van der Waals surface area contributed by atoms with E-state index in [0.717, 1.165) is 19.3 Å². The molecule has 26 heavy (non-hydrogen) atoms. The third-order valence-corrected chi connectivity index (χ3v) is 5.82. The molecule has 0 aliphatic heterocycles. The number of rotatable bonds is 6. The maximum Gasteiger partial charge on any atom is 0.308 e. The van der Waals surface area contributed by atoms with E-state index in [0.29, 0.717) is 12.8 Å². The minimum atomic E-state index is -3.81. The number of benzene rings is 1. The van der Waals surface area contributed by atoms with Gasteiger partial charge >= 0.3 is 5.97 Å². The van der Waals surface area contributed by atoms with Crippen molar-refractivity contribution in [3.05, 3.63) is 29.8 Å². The molecule has 0 unspecified atom stereocenters. The lowest BCUT2D eigenvalue weighted by atomic mass is 9.94.